The van der Waals surface area contributed by atoms with Gasteiger partial charge in [-0.25, -0.2) is 4.79 Å². The van der Waals surface area contributed by atoms with Crippen LogP contribution in [0.5, 0.6) is 11.5 Å². The van der Waals surface area contributed by atoms with Crippen molar-refractivity contribution in [3.05, 3.63) is 54.6 Å². The first-order valence-electron chi connectivity index (χ1n) is 9.37. The molecular formula is C22H22N2O5. The topological polar surface area (TPSA) is 88.9 Å². The van der Waals surface area contributed by atoms with Gasteiger partial charge in [0, 0.05) is 12.2 Å². The van der Waals surface area contributed by atoms with Crippen molar-refractivity contribution in [2.24, 2.45) is 0 Å². The molecular weight excluding hydrogens is 372 g/mol. The molecule has 0 aromatic heterocycles. The first kappa shape index (κ1) is 20.2. The van der Waals surface area contributed by atoms with E-state index >= 15 is 0 Å². The Bertz CT molecular complexity index is 909. The van der Waals surface area contributed by atoms with Crippen LogP contribution in [0.15, 0.2) is 54.6 Å². The molecule has 2 aromatic carbocycles. The van der Waals surface area contributed by atoms with E-state index in [4.69, 9.17) is 19.5 Å². The lowest BCUT2D eigenvalue weighted by Gasteiger charge is -2.31. The van der Waals surface area contributed by atoms with Gasteiger partial charge in [-0.3, -0.25) is 4.79 Å². The lowest BCUT2D eigenvalue weighted by molar-refractivity contribution is -0.165. The third kappa shape index (κ3) is 4.66. The van der Waals surface area contributed by atoms with Gasteiger partial charge in [-0.2, -0.15) is 5.26 Å². The molecule has 0 aliphatic carbocycles. The molecule has 7 heteroatoms. The van der Waals surface area contributed by atoms with Gasteiger partial charge in [0.2, 0.25) is 6.10 Å². The van der Waals surface area contributed by atoms with E-state index in [-0.39, 0.29) is 13.0 Å². The number of hydrogen-bond acceptors (Lipinski definition) is 6. The third-order valence-electron chi connectivity index (χ3n) is 4.50. The Morgan fingerprint density at radius 1 is 1.10 bits per heavy atom. The maximum absolute atomic E-state index is 12.9. The highest BCUT2D eigenvalue weighted by atomic mass is 16.6. The summed E-state index contributed by atoms with van der Waals surface area (Å²) in [5, 5.41) is 8.90. The quantitative estimate of drug-likeness (QED) is 0.700. The second-order valence-corrected chi connectivity index (χ2v) is 6.62. The number of anilines is 1. The Morgan fingerprint density at radius 3 is 2.38 bits per heavy atom. The van der Waals surface area contributed by atoms with Crippen LogP contribution in [0.25, 0.3) is 0 Å². The zero-order valence-corrected chi connectivity index (χ0v) is 16.3. The molecule has 1 heterocycles. The van der Waals surface area contributed by atoms with Crippen molar-refractivity contribution in [2.75, 3.05) is 11.4 Å². The first-order chi connectivity index (χ1) is 14.0. The van der Waals surface area contributed by atoms with Crippen molar-refractivity contribution in [2.45, 2.75) is 38.6 Å². The standard InChI is InChI=1S/C22H22N2O5/c1-15-20(29-19-12-7-6-11-18(19)27-15)22(26)28-16(2)21(25)24(14-8-13-23)17-9-4-3-5-10-17/h3-7,9-12,15-16,20H,8,14H2,1-2H3. The minimum absolute atomic E-state index is 0.161. The predicted molar refractivity (Wildman–Crippen MR) is 106 cm³/mol. The monoisotopic (exact) mass is 394 g/mol. The fraction of sp³-hybridized carbons (Fsp3) is 0.318. The number of fused-ring (bicyclic) bond motifs is 1. The number of carbonyl (C=O) groups excluding carboxylic acids is 2. The third-order valence-corrected chi connectivity index (χ3v) is 4.50. The fourth-order valence-corrected chi connectivity index (χ4v) is 3.03. The summed E-state index contributed by atoms with van der Waals surface area (Å²) >= 11 is 0. The van der Waals surface area contributed by atoms with E-state index < -0.39 is 30.2 Å². The maximum Gasteiger partial charge on any atom is 0.352 e. The molecule has 7 nitrogen and oxygen atoms in total. The summed E-state index contributed by atoms with van der Waals surface area (Å²) in [5.74, 6) is -0.0860. The van der Waals surface area contributed by atoms with E-state index in [9.17, 15) is 9.59 Å². The SMILES string of the molecule is CC(OC(=O)C1Oc2ccccc2OC1C)C(=O)N(CCC#N)c1ccccc1. The van der Waals surface area contributed by atoms with Crippen LogP contribution in [-0.4, -0.2) is 36.7 Å². The highest BCUT2D eigenvalue weighted by molar-refractivity contribution is 5.97. The number of ether oxygens (including phenoxy) is 3. The smallest absolute Gasteiger partial charge is 0.352 e. The zero-order chi connectivity index (χ0) is 20.8. The first-order valence-corrected chi connectivity index (χ1v) is 9.37. The number of nitriles is 1. The lowest BCUT2D eigenvalue weighted by Crippen LogP contribution is -2.48. The number of carbonyl (C=O) groups is 2. The number of benzene rings is 2. The molecule has 0 N–H and O–H groups in total. The number of amides is 1. The molecule has 0 spiro atoms. The summed E-state index contributed by atoms with van der Waals surface area (Å²) in [6.45, 7) is 3.41. The van der Waals surface area contributed by atoms with E-state index in [0.29, 0.717) is 17.2 Å². The summed E-state index contributed by atoms with van der Waals surface area (Å²) < 4.78 is 16.9. The average Bonchev–Trinajstić information content (AvgIpc) is 2.74. The fourth-order valence-electron chi connectivity index (χ4n) is 3.03. The van der Waals surface area contributed by atoms with Crippen LogP contribution in [0.3, 0.4) is 0 Å². The summed E-state index contributed by atoms with van der Waals surface area (Å²) in [4.78, 5) is 27.0. The summed E-state index contributed by atoms with van der Waals surface area (Å²) in [7, 11) is 0. The molecule has 1 amide bonds. The van der Waals surface area contributed by atoms with Gasteiger partial charge < -0.3 is 19.1 Å². The molecule has 150 valence electrons. The van der Waals surface area contributed by atoms with Crippen LogP contribution >= 0.6 is 0 Å². The summed E-state index contributed by atoms with van der Waals surface area (Å²) in [6, 6.07) is 18.0. The van der Waals surface area contributed by atoms with E-state index in [1.165, 1.54) is 11.8 Å². The van der Waals surface area contributed by atoms with Crippen LogP contribution in [0.4, 0.5) is 5.69 Å². The Hall–Kier alpha value is -3.53. The molecule has 0 saturated heterocycles. The minimum Gasteiger partial charge on any atom is -0.482 e. The van der Waals surface area contributed by atoms with E-state index in [1.807, 2.05) is 18.2 Å². The van der Waals surface area contributed by atoms with Gasteiger partial charge in [0.05, 0.1) is 12.5 Å². The van der Waals surface area contributed by atoms with Gasteiger partial charge in [0.25, 0.3) is 5.91 Å². The molecule has 3 rings (SSSR count). The molecule has 0 radical (unpaired) electrons. The number of hydrogen-bond donors (Lipinski definition) is 0. The Morgan fingerprint density at radius 2 is 1.72 bits per heavy atom. The molecule has 29 heavy (non-hydrogen) atoms. The summed E-state index contributed by atoms with van der Waals surface area (Å²) in [5.41, 5.74) is 0.634. The minimum atomic E-state index is -1.05. The lowest BCUT2D eigenvalue weighted by atomic mass is 10.2. The zero-order valence-electron chi connectivity index (χ0n) is 16.3. The van der Waals surface area contributed by atoms with Gasteiger partial charge >= 0.3 is 5.97 Å². The van der Waals surface area contributed by atoms with Crippen LogP contribution < -0.4 is 14.4 Å². The van der Waals surface area contributed by atoms with Gasteiger partial charge in [0.15, 0.2) is 17.6 Å². The highest BCUT2D eigenvalue weighted by Crippen LogP contribution is 2.33. The van der Waals surface area contributed by atoms with Gasteiger partial charge in [0.1, 0.15) is 6.10 Å². The second kappa shape index (κ2) is 9.11. The molecule has 3 unspecified atom stereocenters. The van der Waals surface area contributed by atoms with Crippen LogP contribution in [-0.2, 0) is 14.3 Å². The Labute approximate surface area is 169 Å². The van der Waals surface area contributed by atoms with E-state index in [0.717, 1.165) is 0 Å². The van der Waals surface area contributed by atoms with Crippen molar-refractivity contribution in [3.8, 4) is 17.6 Å². The largest absolute Gasteiger partial charge is 0.482 e. The predicted octanol–water partition coefficient (Wildman–Crippen LogP) is 3.09. The van der Waals surface area contributed by atoms with Crippen molar-refractivity contribution >= 4 is 17.6 Å². The average molecular weight is 394 g/mol. The molecule has 1 aliphatic heterocycles. The molecule has 0 fully saturated rings. The van der Waals surface area contributed by atoms with Crippen molar-refractivity contribution in [3.63, 3.8) is 0 Å². The molecule has 2 aromatic rings. The maximum atomic E-state index is 12.9. The number of esters is 1. The van der Waals surface area contributed by atoms with E-state index in [1.54, 1.807) is 49.4 Å². The Balaban J connectivity index is 1.69. The normalized spacial score (nSPS) is 18.2. The number of rotatable bonds is 6. The van der Waals surface area contributed by atoms with E-state index in [2.05, 4.69) is 0 Å². The van der Waals surface area contributed by atoms with Crippen molar-refractivity contribution < 1.29 is 23.8 Å². The van der Waals surface area contributed by atoms with Crippen LogP contribution in [0.1, 0.15) is 20.3 Å². The molecule has 0 bridgehead atoms. The number of para-hydroxylation sites is 3. The summed E-state index contributed by atoms with van der Waals surface area (Å²) in [6.07, 6.45) is -2.43. The van der Waals surface area contributed by atoms with Crippen molar-refractivity contribution in [1.82, 2.24) is 0 Å². The molecule has 3 atom stereocenters. The van der Waals surface area contributed by atoms with Crippen molar-refractivity contribution in [1.29, 1.82) is 5.26 Å². The Kier molecular flexibility index (Phi) is 6.35. The van der Waals surface area contributed by atoms with Crippen LogP contribution in [0.2, 0.25) is 0 Å². The second-order valence-electron chi connectivity index (χ2n) is 6.62. The van der Waals surface area contributed by atoms with Gasteiger partial charge in [-0.1, -0.05) is 30.3 Å². The van der Waals surface area contributed by atoms with Gasteiger partial charge in [-0.15, -0.1) is 0 Å². The van der Waals surface area contributed by atoms with Gasteiger partial charge in [-0.05, 0) is 38.1 Å². The molecule has 0 saturated carbocycles. The number of nitrogens with zero attached hydrogens (tertiary/aromatic N) is 2. The van der Waals surface area contributed by atoms with Crippen LogP contribution in [0, 0.1) is 11.3 Å². The molecule has 1 aliphatic rings. The highest BCUT2D eigenvalue weighted by Gasteiger charge is 2.37.